The largest absolute Gasteiger partial charge is 0.396 e. The van der Waals surface area contributed by atoms with Crippen molar-refractivity contribution in [3.63, 3.8) is 0 Å². The van der Waals surface area contributed by atoms with Gasteiger partial charge in [0, 0.05) is 6.61 Å². The van der Waals surface area contributed by atoms with E-state index in [-0.39, 0.29) is 6.61 Å². The number of hydrogen-bond acceptors (Lipinski definition) is 2. The van der Waals surface area contributed by atoms with E-state index in [0.29, 0.717) is 11.3 Å². The molecule has 0 radical (unpaired) electrons. The first-order chi connectivity index (χ1) is 5.45. The molecule has 0 rings (SSSR count). The summed E-state index contributed by atoms with van der Waals surface area (Å²) in [6, 6.07) is 0. The molecule has 0 aliphatic rings. The maximum atomic E-state index is 8.75. The molecule has 0 aromatic carbocycles. The Morgan fingerprint density at radius 3 is 2.33 bits per heavy atom. The molecule has 0 aromatic heterocycles. The molecule has 2 N–H and O–H groups in total. The average molecular weight is 173 g/mol. The van der Waals surface area contributed by atoms with E-state index >= 15 is 0 Å². The summed E-state index contributed by atoms with van der Waals surface area (Å²) < 4.78 is 0. The Bertz CT molecular complexity index is 107. The minimum atomic E-state index is 0.280. The van der Waals surface area contributed by atoms with Crippen LogP contribution in [0.2, 0.25) is 0 Å². The van der Waals surface area contributed by atoms with Crippen LogP contribution in [0.15, 0.2) is 0 Å². The maximum absolute atomic E-state index is 8.75. The normalized spacial score (nSPS) is 14.8. The van der Waals surface area contributed by atoms with E-state index in [2.05, 4.69) is 26.1 Å². The molecule has 0 saturated carbocycles. The highest BCUT2D eigenvalue weighted by molar-refractivity contribution is 4.64. The van der Waals surface area contributed by atoms with Gasteiger partial charge in [0.15, 0.2) is 0 Å². The lowest BCUT2D eigenvalue weighted by Gasteiger charge is -2.18. The molecule has 0 fully saturated rings. The highest BCUT2D eigenvalue weighted by Gasteiger charge is 2.08. The van der Waals surface area contributed by atoms with Crippen molar-refractivity contribution in [2.45, 2.75) is 34.1 Å². The topological polar surface area (TPSA) is 32.3 Å². The van der Waals surface area contributed by atoms with Crippen molar-refractivity contribution < 1.29 is 5.11 Å². The third-order valence-electron chi connectivity index (χ3n) is 1.86. The van der Waals surface area contributed by atoms with E-state index in [9.17, 15) is 0 Å². The Labute approximate surface area is 76.4 Å². The predicted molar refractivity (Wildman–Crippen MR) is 53.2 cm³/mol. The van der Waals surface area contributed by atoms with Gasteiger partial charge < -0.3 is 10.4 Å². The second-order valence-corrected chi connectivity index (χ2v) is 4.80. The van der Waals surface area contributed by atoms with Gasteiger partial charge in [-0.1, -0.05) is 27.7 Å². The second-order valence-electron chi connectivity index (χ2n) is 4.80. The van der Waals surface area contributed by atoms with Crippen LogP contribution in [0.25, 0.3) is 0 Å². The Hall–Kier alpha value is -0.0800. The van der Waals surface area contributed by atoms with Crippen LogP contribution in [0.5, 0.6) is 0 Å². The van der Waals surface area contributed by atoms with Crippen molar-refractivity contribution in [2.24, 2.45) is 11.3 Å². The first kappa shape index (κ1) is 11.9. The van der Waals surface area contributed by atoms with Crippen LogP contribution in [0, 0.1) is 11.3 Å². The predicted octanol–water partition coefficient (Wildman–Crippen LogP) is 1.64. The van der Waals surface area contributed by atoms with Crippen molar-refractivity contribution in [3.05, 3.63) is 0 Å². The molecule has 0 spiro atoms. The molecule has 0 saturated heterocycles. The third kappa shape index (κ3) is 8.02. The van der Waals surface area contributed by atoms with Crippen molar-refractivity contribution in [1.29, 1.82) is 0 Å². The lowest BCUT2D eigenvalue weighted by Crippen LogP contribution is -2.26. The third-order valence-corrected chi connectivity index (χ3v) is 1.86. The molecule has 1 unspecified atom stereocenters. The molecule has 1 atom stereocenters. The zero-order valence-corrected chi connectivity index (χ0v) is 8.85. The standard InChI is InChI=1S/C10H23NO/c1-9(8-12)7-11-6-5-10(2,3)4/h9,11-12H,5-8H2,1-4H3. The first-order valence-corrected chi connectivity index (χ1v) is 4.77. The monoisotopic (exact) mass is 173 g/mol. The molecule has 0 aromatic rings. The van der Waals surface area contributed by atoms with Gasteiger partial charge in [0.25, 0.3) is 0 Å². The van der Waals surface area contributed by atoms with Crippen molar-refractivity contribution in [1.82, 2.24) is 5.32 Å². The van der Waals surface area contributed by atoms with Gasteiger partial charge >= 0.3 is 0 Å². The highest BCUT2D eigenvalue weighted by Crippen LogP contribution is 2.16. The van der Waals surface area contributed by atoms with Crippen molar-refractivity contribution in [3.8, 4) is 0 Å². The minimum Gasteiger partial charge on any atom is -0.396 e. The Morgan fingerprint density at radius 1 is 1.33 bits per heavy atom. The summed E-state index contributed by atoms with van der Waals surface area (Å²) in [5.74, 6) is 0.380. The molecule has 0 heterocycles. The zero-order chi connectivity index (χ0) is 9.61. The van der Waals surface area contributed by atoms with E-state index in [1.54, 1.807) is 0 Å². The van der Waals surface area contributed by atoms with Crippen LogP contribution >= 0.6 is 0 Å². The summed E-state index contributed by atoms with van der Waals surface area (Å²) in [6.07, 6.45) is 1.19. The number of nitrogens with one attached hydrogen (secondary N) is 1. The highest BCUT2D eigenvalue weighted by atomic mass is 16.3. The Balaban J connectivity index is 3.22. The smallest absolute Gasteiger partial charge is 0.0468 e. The van der Waals surface area contributed by atoms with E-state index in [1.807, 2.05) is 6.92 Å². The first-order valence-electron chi connectivity index (χ1n) is 4.77. The minimum absolute atomic E-state index is 0.280. The van der Waals surface area contributed by atoms with E-state index in [4.69, 9.17) is 5.11 Å². The Kier molecular flexibility index (Phi) is 5.51. The number of rotatable bonds is 5. The number of hydrogen-bond donors (Lipinski definition) is 2. The van der Waals surface area contributed by atoms with Gasteiger partial charge in [-0.15, -0.1) is 0 Å². The lowest BCUT2D eigenvalue weighted by atomic mass is 9.92. The van der Waals surface area contributed by atoms with Crippen molar-refractivity contribution >= 4 is 0 Å². The fourth-order valence-corrected chi connectivity index (χ4v) is 0.876. The molecule has 0 bridgehead atoms. The molecular formula is C10H23NO. The second kappa shape index (κ2) is 5.55. The summed E-state index contributed by atoms with van der Waals surface area (Å²) in [4.78, 5) is 0. The number of aliphatic hydroxyl groups is 1. The van der Waals surface area contributed by atoms with Crippen LogP contribution < -0.4 is 5.32 Å². The molecular weight excluding hydrogens is 150 g/mol. The summed E-state index contributed by atoms with van der Waals surface area (Å²) in [6.45, 7) is 11.0. The fraction of sp³-hybridized carbons (Fsp3) is 1.00. The van der Waals surface area contributed by atoms with Gasteiger partial charge in [-0.05, 0) is 30.8 Å². The molecule has 0 aliphatic carbocycles. The molecule has 12 heavy (non-hydrogen) atoms. The van der Waals surface area contributed by atoms with Gasteiger partial charge in [0.1, 0.15) is 0 Å². The van der Waals surface area contributed by atoms with Gasteiger partial charge in [0.05, 0.1) is 0 Å². The van der Waals surface area contributed by atoms with Gasteiger partial charge in [0.2, 0.25) is 0 Å². The van der Waals surface area contributed by atoms with Gasteiger partial charge in [-0.2, -0.15) is 0 Å². The summed E-state index contributed by atoms with van der Waals surface area (Å²) in [5, 5.41) is 12.1. The SMILES string of the molecule is CC(CO)CNCCC(C)(C)C. The average Bonchev–Trinajstić information content (AvgIpc) is 1.96. The molecule has 74 valence electrons. The van der Waals surface area contributed by atoms with Crippen LogP contribution in [-0.2, 0) is 0 Å². The van der Waals surface area contributed by atoms with Gasteiger partial charge in [-0.25, -0.2) is 0 Å². The summed E-state index contributed by atoms with van der Waals surface area (Å²) >= 11 is 0. The van der Waals surface area contributed by atoms with E-state index in [1.165, 1.54) is 6.42 Å². The van der Waals surface area contributed by atoms with E-state index < -0.39 is 0 Å². The quantitative estimate of drug-likeness (QED) is 0.619. The Morgan fingerprint density at radius 2 is 1.92 bits per heavy atom. The molecule has 0 aliphatic heterocycles. The van der Waals surface area contributed by atoms with Gasteiger partial charge in [-0.3, -0.25) is 0 Å². The van der Waals surface area contributed by atoms with Crippen LogP contribution in [0.1, 0.15) is 34.1 Å². The fourth-order valence-electron chi connectivity index (χ4n) is 0.876. The molecule has 0 amide bonds. The molecule has 2 heteroatoms. The van der Waals surface area contributed by atoms with Crippen LogP contribution in [-0.4, -0.2) is 24.8 Å². The van der Waals surface area contributed by atoms with Crippen LogP contribution in [0.4, 0.5) is 0 Å². The van der Waals surface area contributed by atoms with Crippen LogP contribution in [0.3, 0.4) is 0 Å². The van der Waals surface area contributed by atoms with E-state index in [0.717, 1.165) is 13.1 Å². The zero-order valence-electron chi connectivity index (χ0n) is 8.85. The van der Waals surface area contributed by atoms with Crippen molar-refractivity contribution in [2.75, 3.05) is 19.7 Å². The summed E-state index contributed by atoms with van der Waals surface area (Å²) in [7, 11) is 0. The molecule has 2 nitrogen and oxygen atoms in total. The number of aliphatic hydroxyl groups excluding tert-OH is 1. The summed E-state index contributed by atoms with van der Waals surface area (Å²) in [5.41, 5.74) is 0.412. The lowest BCUT2D eigenvalue weighted by molar-refractivity contribution is 0.232. The maximum Gasteiger partial charge on any atom is 0.0468 e.